The molecular weight excluding hydrogens is 370 g/mol. The maximum absolute atomic E-state index is 12.2. The van der Waals surface area contributed by atoms with Crippen LogP contribution < -0.4 is 5.32 Å². The molecule has 0 aromatic carbocycles. The number of esters is 1. The number of hydrogen-bond donors (Lipinski definition) is 1. The van der Waals surface area contributed by atoms with Crippen molar-refractivity contribution in [1.29, 1.82) is 0 Å². The first-order valence-electron chi connectivity index (χ1n) is 6.95. The molecule has 1 aliphatic rings. The third kappa shape index (κ3) is 3.10. The maximum Gasteiger partial charge on any atom is 0.341 e. The SMILES string of the molecule is CCOC(=O)c1c(C2CC2)csc1NC(=O)c1ccc(Br)o1. The molecule has 5 nitrogen and oxygen atoms in total. The standard InChI is InChI=1S/C15H14BrNO4S/c1-2-20-15(19)12-9(8-3-4-8)7-22-14(12)17-13(18)10-5-6-11(16)21-10/h5-8H,2-4H2,1H3,(H,17,18). The number of nitrogens with one attached hydrogen (secondary N) is 1. The zero-order chi connectivity index (χ0) is 15.7. The van der Waals surface area contributed by atoms with Crippen LogP contribution in [0.15, 0.2) is 26.6 Å². The lowest BCUT2D eigenvalue weighted by atomic mass is 10.1. The van der Waals surface area contributed by atoms with Crippen LogP contribution in [0.4, 0.5) is 5.00 Å². The molecule has 7 heteroatoms. The Hall–Kier alpha value is -1.60. The summed E-state index contributed by atoms with van der Waals surface area (Å²) in [6.45, 7) is 2.07. The Balaban J connectivity index is 1.86. The normalized spacial score (nSPS) is 13.9. The van der Waals surface area contributed by atoms with E-state index in [1.807, 2.05) is 5.38 Å². The number of carbonyl (C=O) groups excluding carboxylic acids is 2. The van der Waals surface area contributed by atoms with Crippen molar-refractivity contribution in [3.8, 4) is 0 Å². The van der Waals surface area contributed by atoms with Crippen molar-refractivity contribution in [3.05, 3.63) is 39.1 Å². The number of hydrogen-bond acceptors (Lipinski definition) is 5. The molecule has 2 aromatic rings. The highest BCUT2D eigenvalue weighted by Crippen LogP contribution is 2.46. The molecule has 1 N–H and O–H groups in total. The van der Waals surface area contributed by atoms with Gasteiger partial charge in [-0.2, -0.15) is 0 Å². The fraction of sp³-hybridized carbons (Fsp3) is 0.333. The Labute approximate surface area is 139 Å². The molecule has 22 heavy (non-hydrogen) atoms. The fourth-order valence-electron chi connectivity index (χ4n) is 2.17. The van der Waals surface area contributed by atoms with Gasteiger partial charge < -0.3 is 14.5 Å². The van der Waals surface area contributed by atoms with Crippen LogP contribution >= 0.6 is 27.3 Å². The van der Waals surface area contributed by atoms with E-state index in [1.165, 1.54) is 11.3 Å². The summed E-state index contributed by atoms with van der Waals surface area (Å²) in [5.74, 6) is -0.191. The van der Waals surface area contributed by atoms with Crippen LogP contribution in [0, 0.1) is 0 Å². The number of ether oxygens (including phenoxy) is 1. The van der Waals surface area contributed by atoms with E-state index in [0.29, 0.717) is 27.8 Å². The minimum atomic E-state index is -0.388. The van der Waals surface area contributed by atoms with Gasteiger partial charge in [0.2, 0.25) is 0 Å². The second-order valence-corrected chi connectivity index (χ2v) is 6.61. The van der Waals surface area contributed by atoms with Crippen molar-refractivity contribution in [2.75, 3.05) is 11.9 Å². The van der Waals surface area contributed by atoms with Gasteiger partial charge >= 0.3 is 5.97 Å². The smallest absolute Gasteiger partial charge is 0.341 e. The van der Waals surface area contributed by atoms with E-state index in [0.717, 1.165) is 18.4 Å². The molecule has 2 aromatic heterocycles. The predicted octanol–water partition coefficient (Wildman–Crippen LogP) is 4.41. The van der Waals surface area contributed by atoms with Crippen LogP contribution in [0.1, 0.15) is 52.2 Å². The number of anilines is 1. The van der Waals surface area contributed by atoms with Crippen molar-refractivity contribution in [2.45, 2.75) is 25.7 Å². The first kappa shape index (κ1) is 15.3. The highest BCUT2D eigenvalue weighted by molar-refractivity contribution is 9.10. The Morgan fingerprint density at radius 3 is 2.82 bits per heavy atom. The third-order valence-electron chi connectivity index (χ3n) is 3.34. The van der Waals surface area contributed by atoms with Gasteiger partial charge in [-0.05, 0) is 64.7 Å². The molecule has 1 fully saturated rings. The molecule has 0 radical (unpaired) electrons. The van der Waals surface area contributed by atoms with Crippen molar-refractivity contribution in [3.63, 3.8) is 0 Å². The van der Waals surface area contributed by atoms with Crippen molar-refractivity contribution in [1.82, 2.24) is 0 Å². The minimum absolute atomic E-state index is 0.183. The van der Waals surface area contributed by atoms with Gasteiger partial charge in [0.1, 0.15) is 5.00 Å². The molecule has 0 atom stereocenters. The molecular formula is C15H14BrNO4S. The highest BCUT2D eigenvalue weighted by atomic mass is 79.9. The lowest BCUT2D eigenvalue weighted by Gasteiger charge is -2.07. The minimum Gasteiger partial charge on any atom is -0.462 e. The zero-order valence-electron chi connectivity index (χ0n) is 11.8. The molecule has 1 aliphatic carbocycles. The molecule has 0 bridgehead atoms. The molecule has 3 rings (SSSR count). The molecule has 1 saturated carbocycles. The van der Waals surface area contributed by atoms with Gasteiger partial charge in [-0.1, -0.05) is 0 Å². The van der Waals surface area contributed by atoms with Crippen molar-refractivity contribution < 1.29 is 18.7 Å². The van der Waals surface area contributed by atoms with E-state index in [2.05, 4.69) is 21.2 Å². The second kappa shape index (κ2) is 6.26. The van der Waals surface area contributed by atoms with Gasteiger partial charge in [-0.3, -0.25) is 4.79 Å². The summed E-state index contributed by atoms with van der Waals surface area (Å²) >= 11 is 4.50. The van der Waals surface area contributed by atoms with Crippen LogP contribution in [-0.4, -0.2) is 18.5 Å². The van der Waals surface area contributed by atoms with Crippen LogP contribution in [-0.2, 0) is 4.74 Å². The Morgan fingerprint density at radius 1 is 1.45 bits per heavy atom. The number of halogens is 1. The summed E-state index contributed by atoms with van der Waals surface area (Å²) in [6, 6.07) is 3.21. The first-order valence-corrected chi connectivity index (χ1v) is 8.62. The quantitative estimate of drug-likeness (QED) is 0.776. The summed E-state index contributed by atoms with van der Waals surface area (Å²) in [4.78, 5) is 24.4. The van der Waals surface area contributed by atoms with Crippen LogP contribution in [0.25, 0.3) is 0 Å². The van der Waals surface area contributed by atoms with E-state index in [4.69, 9.17) is 9.15 Å². The first-order chi connectivity index (χ1) is 10.6. The van der Waals surface area contributed by atoms with Gasteiger partial charge in [0.25, 0.3) is 5.91 Å². The molecule has 116 valence electrons. The molecule has 0 unspecified atom stereocenters. The number of amides is 1. The molecule has 0 aliphatic heterocycles. The number of carbonyl (C=O) groups is 2. The van der Waals surface area contributed by atoms with E-state index < -0.39 is 0 Å². The Morgan fingerprint density at radius 2 is 2.23 bits per heavy atom. The lowest BCUT2D eigenvalue weighted by molar-refractivity contribution is 0.0527. The summed E-state index contributed by atoms with van der Waals surface area (Å²) in [5, 5.41) is 5.19. The van der Waals surface area contributed by atoms with Crippen LogP contribution in [0.3, 0.4) is 0 Å². The van der Waals surface area contributed by atoms with E-state index in [9.17, 15) is 9.59 Å². The average molecular weight is 384 g/mol. The molecule has 1 amide bonds. The summed E-state index contributed by atoms with van der Waals surface area (Å²) in [7, 11) is 0. The maximum atomic E-state index is 12.2. The lowest BCUT2D eigenvalue weighted by Crippen LogP contribution is -2.14. The van der Waals surface area contributed by atoms with Gasteiger partial charge in [0.15, 0.2) is 10.4 Å². The van der Waals surface area contributed by atoms with Crippen molar-refractivity contribution >= 4 is 44.1 Å². The third-order valence-corrected chi connectivity index (χ3v) is 4.68. The predicted molar refractivity (Wildman–Crippen MR) is 86.6 cm³/mol. The molecule has 0 spiro atoms. The summed E-state index contributed by atoms with van der Waals surface area (Å²) in [5.41, 5.74) is 1.45. The largest absolute Gasteiger partial charge is 0.462 e. The Bertz CT molecular complexity index is 717. The number of thiophene rings is 1. The van der Waals surface area contributed by atoms with Gasteiger partial charge in [-0.25, -0.2) is 4.79 Å². The molecule has 2 heterocycles. The van der Waals surface area contributed by atoms with Gasteiger partial charge in [0, 0.05) is 0 Å². The number of rotatable bonds is 5. The van der Waals surface area contributed by atoms with Crippen LogP contribution in [0.2, 0.25) is 0 Å². The highest BCUT2D eigenvalue weighted by Gasteiger charge is 2.32. The van der Waals surface area contributed by atoms with E-state index in [-0.39, 0.29) is 17.6 Å². The van der Waals surface area contributed by atoms with Crippen LogP contribution in [0.5, 0.6) is 0 Å². The Kier molecular flexibility index (Phi) is 4.35. The van der Waals surface area contributed by atoms with E-state index >= 15 is 0 Å². The van der Waals surface area contributed by atoms with Gasteiger partial charge in [-0.15, -0.1) is 11.3 Å². The van der Waals surface area contributed by atoms with Gasteiger partial charge in [0.05, 0.1) is 12.2 Å². The topological polar surface area (TPSA) is 68.5 Å². The zero-order valence-corrected chi connectivity index (χ0v) is 14.3. The van der Waals surface area contributed by atoms with Crippen molar-refractivity contribution in [2.24, 2.45) is 0 Å². The number of furan rings is 1. The van der Waals surface area contributed by atoms with E-state index in [1.54, 1.807) is 19.1 Å². The summed E-state index contributed by atoms with van der Waals surface area (Å²) in [6.07, 6.45) is 2.14. The average Bonchev–Trinajstić information content (AvgIpc) is 3.10. The fourth-order valence-corrected chi connectivity index (χ4v) is 3.51. The summed E-state index contributed by atoms with van der Waals surface area (Å²) < 4.78 is 10.8. The monoisotopic (exact) mass is 383 g/mol. The second-order valence-electron chi connectivity index (χ2n) is 4.95. The molecule has 0 saturated heterocycles.